The van der Waals surface area contributed by atoms with Gasteiger partial charge in [-0.1, -0.05) is 25.0 Å². The molecule has 0 aliphatic heterocycles. The fourth-order valence-electron chi connectivity index (χ4n) is 2.58. The van der Waals surface area contributed by atoms with Crippen molar-refractivity contribution in [2.24, 2.45) is 0 Å². The topological polar surface area (TPSA) is 41.1 Å². The number of nitrogens with one attached hydrogen (secondary N) is 2. The Morgan fingerprint density at radius 3 is 2.55 bits per heavy atom. The monoisotopic (exact) mass is 278 g/mol. The second kappa shape index (κ2) is 8.00. The third-order valence-corrected chi connectivity index (χ3v) is 3.75. The van der Waals surface area contributed by atoms with Crippen molar-refractivity contribution >= 4 is 5.91 Å². The first-order valence-corrected chi connectivity index (χ1v) is 7.48. The summed E-state index contributed by atoms with van der Waals surface area (Å²) in [5.74, 6) is -0.0588. The number of carbonyl (C=O) groups is 1. The summed E-state index contributed by atoms with van der Waals surface area (Å²) < 4.78 is 12.7. The molecule has 1 aromatic carbocycles. The molecule has 1 fully saturated rings. The molecule has 0 unspecified atom stereocenters. The molecule has 0 spiro atoms. The summed E-state index contributed by atoms with van der Waals surface area (Å²) in [5.41, 5.74) is 1.11. The van der Waals surface area contributed by atoms with E-state index < -0.39 is 0 Å². The van der Waals surface area contributed by atoms with Gasteiger partial charge < -0.3 is 10.6 Å². The van der Waals surface area contributed by atoms with Crippen LogP contribution >= 0.6 is 0 Å². The molecule has 0 aromatic heterocycles. The predicted molar refractivity (Wildman–Crippen MR) is 78.0 cm³/mol. The van der Waals surface area contributed by atoms with Crippen LogP contribution in [0, 0.1) is 5.82 Å². The molecule has 20 heavy (non-hydrogen) atoms. The number of benzene rings is 1. The standard InChI is InChI=1S/C16H23FN2O/c17-14-7-5-13(6-8-14)9-11-18-12-10-16(20)19-15-3-1-2-4-15/h5-8,15,18H,1-4,9-12H2,(H,19,20). The molecule has 1 amide bonds. The van der Waals surface area contributed by atoms with Crippen molar-refractivity contribution < 1.29 is 9.18 Å². The highest BCUT2D eigenvalue weighted by molar-refractivity contribution is 5.76. The van der Waals surface area contributed by atoms with Gasteiger partial charge in [-0.05, 0) is 43.5 Å². The van der Waals surface area contributed by atoms with E-state index in [1.165, 1.54) is 25.0 Å². The summed E-state index contributed by atoms with van der Waals surface area (Å²) in [7, 11) is 0. The lowest BCUT2D eigenvalue weighted by atomic mass is 10.1. The Labute approximate surface area is 120 Å². The van der Waals surface area contributed by atoms with Crippen molar-refractivity contribution in [3.05, 3.63) is 35.6 Å². The summed E-state index contributed by atoms with van der Waals surface area (Å²) in [6.07, 6.45) is 6.11. The lowest BCUT2D eigenvalue weighted by Gasteiger charge is -2.12. The Morgan fingerprint density at radius 2 is 1.85 bits per heavy atom. The lowest BCUT2D eigenvalue weighted by Crippen LogP contribution is -2.34. The number of amides is 1. The van der Waals surface area contributed by atoms with Gasteiger partial charge >= 0.3 is 0 Å². The second-order valence-electron chi connectivity index (χ2n) is 5.43. The molecule has 0 heterocycles. The van der Waals surface area contributed by atoms with Crippen molar-refractivity contribution in [2.75, 3.05) is 13.1 Å². The van der Waals surface area contributed by atoms with Gasteiger partial charge in [0.05, 0.1) is 0 Å². The lowest BCUT2D eigenvalue weighted by molar-refractivity contribution is -0.121. The molecule has 1 aromatic rings. The van der Waals surface area contributed by atoms with E-state index in [0.29, 0.717) is 19.0 Å². The maximum atomic E-state index is 12.7. The predicted octanol–water partition coefficient (Wildman–Crippen LogP) is 2.41. The SMILES string of the molecule is O=C(CCNCCc1ccc(F)cc1)NC1CCCC1. The molecule has 2 N–H and O–H groups in total. The van der Waals surface area contributed by atoms with Gasteiger partial charge in [0.2, 0.25) is 5.91 Å². The van der Waals surface area contributed by atoms with Crippen molar-refractivity contribution in [2.45, 2.75) is 44.6 Å². The summed E-state index contributed by atoms with van der Waals surface area (Å²) in [6.45, 7) is 1.50. The zero-order valence-electron chi connectivity index (χ0n) is 11.8. The van der Waals surface area contributed by atoms with Crippen LogP contribution in [0.2, 0.25) is 0 Å². The quantitative estimate of drug-likeness (QED) is 0.752. The molecule has 1 aliphatic carbocycles. The molecule has 0 bridgehead atoms. The van der Waals surface area contributed by atoms with Gasteiger partial charge in [-0.3, -0.25) is 4.79 Å². The van der Waals surface area contributed by atoms with Gasteiger partial charge in [-0.2, -0.15) is 0 Å². The fourth-order valence-corrected chi connectivity index (χ4v) is 2.58. The zero-order valence-corrected chi connectivity index (χ0v) is 11.8. The average molecular weight is 278 g/mol. The number of carbonyl (C=O) groups excluding carboxylic acids is 1. The van der Waals surface area contributed by atoms with E-state index in [1.807, 2.05) is 0 Å². The molecule has 0 radical (unpaired) electrons. The summed E-state index contributed by atoms with van der Waals surface area (Å²) in [5, 5.41) is 6.32. The van der Waals surface area contributed by atoms with Crippen molar-refractivity contribution in [1.29, 1.82) is 0 Å². The normalized spacial score (nSPS) is 15.4. The minimum atomic E-state index is -0.203. The molecule has 1 aliphatic rings. The zero-order chi connectivity index (χ0) is 14.2. The van der Waals surface area contributed by atoms with Gasteiger partial charge in [-0.25, -0.2) is 4.39 Å². The van der Waals surface area contributed by atoms with Crippen LogP contribution in [-0.2, 0) is 11.2 Å². The highest BCUT2D eigenvalue weighted by Crippen LogP contribution is 2.17. The largest absolute Gasteiger partial charge is 0.353 e. The molecule has 3 nitrogen and oxygen atoms in total. The maximum absolute atomic E-state index is 12.7. The molecule has 0 saturated heterocycles. The number of hydrogen-bond acceptors (Lipinski definition) is 2. The van der Waals surface area contributed by atoms with Crippen molar-refractivity contribution in [3.63, 3.8) is 0 Å². The van der Waals surface area contributed by atoms with E-state index in [4.69, 9.17) is 0 Å². The van der Waals surface area contributed by atoms with E-state index in [0.717, 1.165) is 31.4 Å². The Morgan fingerprint density at radius 1 is 1.15 bits per heavy atom. The molecule has 110 valence electrons. The van der Waals surface area contributed by atoms with Crippen LogP contribution in [0.15, 0.2) is 24.3 Å². The van der Waals surface area contributed by atoms with Gasteiger partial charge in [0, 0.05) is 19.0 Å². The van der Waals surface area contributed by atoms with E-state index >= 15 is 0 Å². The second-order valence-corrected chi connectivity index (χ2v) is 5.43. The first-order chi connectivity index (χ1) is 9.74. The first kappa shape index (κ1) is 15.0. The molecule has 4 heteroatoms. The Balaban J connectivity index is 1.52. The van der Waals surface area contributed by atoms with E-state index in [1.54, 1.807) is 12.1 Å². The molecule has 2 rings (SSSR count). The van der Waals surface area contributed by atoms with Crippen LogP contribution in [0.25, 0.3) is 0 Å². The van der Waals surface area contributed by atoms with Crippen molar-refractivity contribution in [3.8, 4) is 0 Å². The van der Waals surface area contributed by atoms with Crippen LogP contribution < -0.4 is 10.6 Å². The summed E-state index contributed by atoms with van der Waals surface area (Å²) in [4.78, 5) is 11.7. The Bertz CT molecular complexity index is 413. The Kier molecular flexibility index (Phi) is 5.99. The van der Waals surface area contributed by atoms with Crippen molar-refractivity contribution in [1.82, 2.24) is 10.6 Å². The minimum Gasteiger partial charge on any atom is -0.353 e. The fraction of sp³-hybridized carbons (Fsp3) is 0.562. The van der Waals surface area contributed by atoms with Gasteiger partial charge in [0.25, 0.3) is 0 Å². The van der Waals surface area contributed by atoms with Crippen LogP contribution in [0.5, 0.6) is 0 Å². The smallest absolute Gasteiger partial charge is 0.221 e. The van der Waals surface area contributed by atoms with Gasteiger partial charge in [-0.15, -0.1) is 0 Å². The van der Waals surface area contributed by atoms with Gasteiger partial charge in [0.1, 0.15) is 5.82 Å². The molecule has 0 atom stereocenters. The van der Waals surface area contributed by atoms with E-state index in [9.17, 15) is 9.18 Å². The minimum absolute atomic E-state index is 0.145. The third-order valence-electron chi connectivity index (χ3n) is 3.75. The highest BCUT2D eigenvalue weighted by Gasteiger charge is 2.16. The van der Waals surface area contributed by atoms with Crippen LogP contribution in [0.3, 0.4) is 0 Å². The first-order valence-electron chi connectivity index (χ1n) is 7.48. The maximum Gasteiger partial charge on any atom is 0.221 e. The van der Waals surface area contributed by atoms with Gasteiger partial charge in [0.15, 0.2) is 0 Å². The van der Waals surface area contributed by atoms with Crippen LogP contribution in [0.1, 0.15) is 37.7 Å². The number of hydrogen-bond donors (Lipinski definition) is 2. The molecular formula is C16H23FN2O. The van der Waals surface area contributed by atoms with E-state index in [2.05, 4.69) is 10.6 Å². The number of halogens is 1. The van der Waals surface area contributed by atoms with Crippen LogP contribution in [-0.4, -0.2) is 25.0 Å². The van der Waals surface area contributed by atoms with E-state index in [-0.39, 0.29) is 11.7 Å². The van der Waals surface area contributed by atoms with Crippen LogP contribution in [0.4, 0.5) is 4.39 Å². The number of rotatable bonds is 7. The average Bonchev–Trinajstić information content (AvgIpc) is 2.93. The summed E-state index contributed by atoms with van der Waals surface area (Å²) in [6, 6.07) is 6.95. The third kappa shape index (κ3) is 5.29. The Hall–Kier alpha value is -1.42. The molecule has 1 saturated carbocycles. The highest BCUT2D eigenvalue weighted by atomic mass is 19.1. The molecular weight excluding hydrogens is 255 g/mol. The summed E-state index contributed by atoms with van der Waals surface area (Å²) >= 11 is 0.